The number of aliphatic carboxylic acids is 1. The van der Waals surface area contributed by atoms with Crippen LogP contribution in [0.15, 0.2) is 48.5 Å². The van der Waals surface area contributed by atoms with Gasteiger partial charge in [-0.2, -0.15) is 0 Å². The lowest BCUT2D eigenvalue weighted by atomic mass is 10.0. The van der Waals surface area contributed by atoms with Crippen LogP contribution in [0.1, 0.15) is 23.6 Å². The number of ether oxygens (including phenoxy) is 1. The van der Waals surface area contributed by atoms with E-state index in [2.05, 4.69) is 0 Å². The van der Waals surface area contributed by atoms with E-state index in [0.717, 1.165) is 11.3 Å². The third kappa shape index (κ3) is 5.10. The number of hydrogen-bond donors (Lipinski definition) is 2. The van der Waals surface area contributed by atoms with Crippen LogP contribution in [-0.2, 0) is 4.79 Å². The Morgan fingerprint density at radius 1 is 1.10 bits per heavy atom. The van der Waals surface area contributed by atoms with Gasteiger partial charge >= 0.3 is 5.97 Å². The van der Waals surface area contributed by atoms with Gasteiger partial charge in [0.25, 0.3) is 0 Å². The quantitative estimate of drug-likeness (QED) is 0.883. The summed E-state index contributed by atoms with van der Waals surface area (Å²) in [5.41, 5.74) is 7.75. The Labute approximate surface area is 130 Å². The highest BCUT2D eigenvalue weighted by Crippen LogP contribution is 2.24. The van der Waals surface area contributed by atoms with Gasteiger partial charge in [0, 0.05) is 6.04 Å². The van der Waals surface area contributed by atoms with Gasteiger partial charge in [0.1, 0.15) is 11.5 Å². The zero-order valence-electron chi connectivity index (χ0n) is 11.7. The Morgan fingerprint density at radius 2 is 1.57 bits per heavy atom. The molecule has 0 saturated carbocycles. The van der Waals surface area contributed by atoms with Gasteiger partial charge in [-0.3, -0.25) is 4.79 Å². The van der Waals surface area contributed by atoms with Crippen molar-refractivity contribution in [3.63, 3.8) is 0 Å². The lowest BCUT2D eigenvalue weighted by Gasteiger charge is -2.11. The molecule has 2 rings (SSSR count). The molecular weight excluding hydrogens is 290 g/mol. The number of carboxylic acid groups (broad SMARTS) is 1. The standard InChI is InChI=1S/C16H17NO3.ClH/c1-11-2-6-13(7-3-11)20-14-8-4-12(5-9-14)15(17)10-16(18)19;/h2-9,15H,10,17H2,1H3,(H,18,19);1H. The van der Waals surface area contributed by atoms with E-state index in [4.69, 9.17) is 15.6 Å². The summed E-state index contributed by atoms with van der Waals surface area (Å²) in [5, 5.41) is 8.71. The van der Waals surface area contributed by atoms with Crippen LogP contribution in [0.3, 0.4) is 0 Å². The number of benzene rings is 2. The minimum absolute atomic E-state index is 0. The first-order chi connectivity index (χ1) is 9.54. The number of halogens is 1. The van der Waals surface area contributed by atoms with E-state index in [9.17, 15) is 4.79 Å². The van der Waals surface area contributed by atoms with Crippen molar-refractivity contribution < 1.29 is 14.6 Å². The van der Waals surface area contributed by atoms with Gasteiger partial charge < -0.3 is 15.6 Å². The van der Waals surface area contributed by atoms with E-state index >= 15 is 0 Å². The van der Waals surface area contributed by atoms with Gasteiger partial charge in [0.05, 0.1) is 6.42 Å². The van der Waals surface area contributed by atoms with E-state index in [-0.39, 0.29) is 18.8 Å². The van der Waals surface area contributed by atoms with Crippen molar-refractivity contribution in [2.45, 2.75) is 19.4 Å². The van der Waals surface area contributed by atoms with Gasteiger partial charge in [-0.05, 0) is 36.8 Å². The minimum atomic E-state index is -0.905. The monoisotopic (exact) mass is 307 g/mol. The van der Waals surface area contributed by atoms with E-state index < -0.39 is 12.0 Å². The molecule has 0 aliphatic rings. The molecule has 4 nitrogen and oxygen atoms in total. The summed E-state index contributed by atoms with van der Waals surface area (Å²) in [6.07, 6.45) is -0.0852. The van der Waals surface area contributed by atoms with Crippen LogP contribution in [-0.4, -0.2) is 11.1 Å². The molecule has 0 saturated heterocycles. The number of carbonyl (C=O) groups is 1. The van der Waals surface area contributed by atoms with Gasteiger partial charge in [0.15, 0.2) is 0 Å². The summed E-state index contributed by atoms with van der Waals surface area (Å²) in [6.45, 7) is 2.02. The molecule has 21 heavy (non-hydrogen) atoms. The fourth-order valence-electron chi connectivity index (χ4n) is 1.83. The minimum Gasteiger partial charge on any atom is -0.481 e. The number of rotatable bonds is 5. The first kappa shape index (κ1) is 17.0. The second-order valence-corrected chi connectivity index (χ2v) is 4.69. The van der Waals surface area contributed by atoms with Crippen LogP contribution in [0.4, 0.5) is 0 Å². The Kier molecular flexibility index (Phi) is 6.21. The zero-order chi connectivity index (χ0) is 14.5. The highest BCUT2D eigenvalue weighted by Gasteiger charge is 2.10. The van der Waals surface area contributed by atoms with E-state index in [0.29, 0.717) is 5.75 Å². The maximum absolute atomic E-state index is 10.6. The Balaban J connectivity index is 0.00000220. The second-order valence-electron chi connectivity index (χ2n) is 4.69. The molecule has 2 aromatic rings. The highest BCUT2D eigenvalue weighted by molar-refractivity contribution is 5.85. The van der Waals surface area contributed by atoms with Gasteiger partial charge in [-0.25, -0.2) is 0 Å². The maximum atomic E-state index is 10.6. The SMILES string of the molecule is Cc1ccc(Oc2ccc(C(N)CC(=O)O)cc2)cc1.Cl. The Hall–Kier alpha value is -2.04. The summed E-state index contributed by atoms with van der Waals surface area (Å²) in [4.78, 5) is 10.6. The predicted octanol–water partition coefficient (Wildman–Crippen LogP) is 3.68. The van der Waals surface area contributed by atoms with Crippen molar-refractivity contribution in [1.82, 2.24) is 0 Å². The summed E-state index contributed by atoms with van der Waals surface area (Å²) < 4.78 is 5.69. The highest BCUT2D eigenvalue weighted by atomic mass is 35.5. The topological polar surface area (TPSA) is 72.5 Å². The molecular formula is C16H18ClNO3. The molecule has 5 heteroatoms. The summed E-state index contributed by atoms with van der Waals surface area (Å²) >= 11 is 0. The number of carboxylic acids is 1. The Bertz CT molecular complexity index is 581. The molecule has 0 aromatic heterocycles. The Morgan fingerprint density at radius 3 is 2.05 bits per heavy atom. The molecule has 0 spiro atoms. The fourth-order valence-corrected chi connectivity index (χ4v) is 1.83. The van der Waals surface area contributed by atoms with Crippen LogP contribution in [0.5, 0.6) is 11.5 Å². The van der Waals surface area contributed by atoms with Crippen LogP contribution in [0, 0.1) is 6.92 Å². The van der Waals surface area contributed by atoms with E-state index in [1.807, 2.05) is 31.2 Å². The van der Waals surface area contributed by atoms with Crippen molar-refractivity contribution in [2.75, 3.05) is 0 Å². The number of hydrogen-bond acceptors (Lipinski definition) is 3. The lowest BCUT2D eigenvalue weighted by molar-refractivity contribution is -0.137. The summed E-state index contributed by atoms with van der Waals surface area (Å²) in [5.74, 6) is 0.552. The summed E-state index contributed by atoms with van der Waals surface area (Å²) in [6, 6.07) is 14.4. The first-order valence-corrected chi connectivity index (χ1v) is 6.36. The van der Waals surface area contributed by atoms with Crippen molar-refractivity contribution in [1.29, 1.82) is 0 Å². The molecule has 1 atom stereocenters. The molecule has 2 aromatic carbocycles. The predicted molar refractivity (Wildman–Crippen MR) is 84.1 cm³/mol. The number of nitrogens with two attached hydrogens (primary N) is 1. The molecule has 112 valence electrons. The molecule has 0 bridgehead atoms. The molecule has 0 heterocycles. The van der Waals surface area contributed by atoms with Crippen molar-refractivity contribution >= 4 is 18.4 Å². The average Bonchev–Trinajstić information content (AvgIpc) is 2.41. The largest absolute Gasteiger partial charge is 0.481 e. The first-order valence-electron chi connectivity index (χ1n) is 6.36. The maximum Gasteiger partial charge on any atom is 0.305 e. The van der Waals surface area contributed by atoms with Crippen molar-refractivity contribution in [3.8, 4) is 11.5 Å². The second kappa shape index (κ2) is 7.67. The molecule has 0 aliphatic carbocycles. The average molecular weight is 308 g/mol. The zero-order valence-corrected chi connectivity index (χ0v) is 12.5. The molecule has 0 fully saturated rings. The van der Waals surface area contributed by atoms with Crippen LogP contribution < -0.4 is 10.5 Å². The van der Waals surface area contributed by atoms with Gasteiger partial charge in [-0.1, -0.05) is 29.8 Å². The number of aryl methyl sites for hydroxylation is 1. The molecule has 0 aliphatic heterocycles. The molecule has 0 radical (unpaired) electrons. The molecule has 3 N–H and O–H groups in total. The molecule has 1 unspecified atom stereocenters. The third-order valence-electron chi connectivity index (χ3n) is 2.96. The third-order valence-corrected chi connectivity index (χ3v) is 2.96. The van der Waals surface area contributed by atoms with Crippen LogP contribution in [0.2, 0.25) is 0 Å². The van der Waals surface area contributed by atoms with Crippen LogP contribution in [0.25, 0.3) is 0 Å². The fraction of sp³-hybridized carbons (Fsp3) is 0.188. The van der Waals surface area contributed by atoms with Crippen molar-refractivity contribution in [2.24, 2.45) is 5.73 Å². The van der Waals surface area contributed by atoms with E-state index in [1.54, 1.807) is 24.3 Å². The normalized spacial score (nSPS) is 11.3. The lowest BCUT2D eigenvalue weighted by Crippen LogP contribution is -2.14. The van der Waals surface area contributed by atoms with Gasteiger partial charge in [0.2, 0.25) is 0 Å². The van der Waals surface area contributed by atoms with Gasteiger partial charge in [-0.15, -0.1) is 12.4 Å². The smallest absolute Gasteiger partial charge is 0.305 e. The van der Waals surface area contributed by atoms with Crippen LogP contribution >= 0.6 is 12.4 Å². The van der Waals surface area contributed by atoms with Crippen molar-refractivity contribution in [3.05, 3.63) is 59.7 Å². The molecule has 0 amide bonds. The van der Waals surface area contributed by atoms with E-state index in [1.165, 1.54) is 5.56 Å². The summed E-state index contributed by atoms with van der Waals surface area (Å²) in [7, 11) is 0.